The Kier molecular flexibility index (Phi) is 7.02. The first-order valence-corrected chi connectivity index (χ1v) is 11.6. The lowest BCUT2D eigenvalue weighted by molar-refractivity contribution is -0.151. The van der Waals surface area contributed by atoms with E-state index in [4.69, 9.17) is 0 Å². The fraction of sp³-hybridized carbons (Fsp3) is 0.870. The maximum absolute atomic E-state index is 13.5. The van der Waals surface area contributed by atoms with Gasteiger partial charge in [0.1, 0.15) is 11.8 Å². The average Bonchev–Trinajstić information content (AvgIpc) is 3.01. The van der Waals surface area contributed by atoms with Gasteiger partial charge in [-0.15, -0.1) is 0 Å². The number of hydrogen-bond donors (Lipinski definition) is 1. The SMILES string of the molecule is CC(C)C[C@@H]1NCCN([C@@H](CC(C)C)C(=O)N2CCC3(CCCC3=O)CC2)C1=O. The van der Waals surface area contributed by atoms with Gasteiger partial charge in [0.25, 0.3) is 0 Å². The van der Waals surface area contributed by atoms with Gasteiger partial charge in [0.05, 0.1) is 6.04 Å². The second-order valence-corrected chi connectivity index (χ2v) is 10.2. The van der Waals surface area contributed by atoms with Crippen LogP contribution >= 0.6 is 0 Å². The molecule has 1 N–H and O–H groups in total. The van der Waals surface area contributed by atoms with Crippen LogP contribution < -0.4 is 5.32 Å². The van der Waals surface area contributed by atoms with Crippen LogP contribution in [0, 0.1) is 17.3 Å². The van der Waals surface area contributed by atoms with E-state index in [1.165, 1.54) is 0 Å². The first kappa shape index (κ1) is 22.3. The van der Waals surface area contributed by atoms with Crippen LogP contribution in [0.25, 0.3) is 0 Å². The van der Waals surface area contributed by atoms with Gasteiger partial charge < -0.3 is 15.1 Å². The number of amides is 2. The molecule has 3 rings (SSSR count). The lowest BCUT2D eigenvalue weighted by Crippen LogP contribution is -2.62. The van der Waals surface area contributed by atoms with Crippen LogP contribution in [-0.2, 0) is 14.4 Å². The topological polar surface area (TPSA) is 69.7 Å². The van der Waals surface area contributed by atoms with Crippen LogP contribution in [0.15, 0.2) is 0 Å². The molecule has 2 heterocycles. The molecule has 2 amide bonds. The smallest absolute Gasteiger partial charge is 0.245 e. The lowest BCUT2D eigenvalue weighted by Gasteiger charge is -2.43. The Morgan fingerprint density at radius 2 is 1.76 bits per heavy atom. The lowest BCUT2D eigenvalue weighted by atomic mass is 9.76. The van der Waals surface area contributed by atoms with Gasteiger partial charge >= 0.3 is 0 Å². The van der Waals surface area contributed by atoms with E-state index < -0.39 is 0 Å². The number of nitrogens with zero attached hydrogens (tertiary/aromatic N) is 2. The largest absolute Gasteiger partial charge is 0.341 e. The summed E-state index contributed by atoms with van der Waals surface area (Å²) in [6, 6.07) is -0.570. The second-order valence-electron chi connectivity index (χ2n) is 10.2. The molecule has 0 aromatic heterocycles. The van der Waals surface area contributed by atoms with Gasteiger partial charge in [0.2, 0.25) is 11.8 Å². The van der Waals surface area contributed by atoms with Crippen LogP contribution in [0.4, 0.5) is 0 Å². The predicted molar refractivity (Wildman–Crippen MR) is 113 cm³/mol. The van der Waals surface area contributed by atoms with E-state index in [0.29, 0.717) is 50.1 Å². The summed E-state index contributed by atoms with van der Waals surface area (Å²) in [4.78, 5) is 42.8. The number of Topliss-reactive ketones (excluding diaryl/α,β-unsaturated/α-hetero) is 1. The summed E-state index contributed by atoms with van der Waals surface area (Å²) in [6.07, 6.45) is 5.75. The van der Waals surface area contributed by atoms with E-state index in [2.05, 4.69) is 33.0 Å². The van der Waals surface area contributed by atoms with E-state index in [9.17, 15) is 14.4 Å². The summed E-state index contributed by atoms with van der Waals surface area (Å²) >= 11 is 0. The van der Waals surface area contributed by atoms with E-state index >= 15 is 0 Å². The normalized spacial score (nSPS) is 26.1. The zero-order valence-corrected chi connectivity index (χ0v) is 18.7. The number of ketones is 1. The number of hydrogen-bond acceptors (Lipinski definition) is 4. The molecular weight excluding hydrogens is 366 g/mol. The van der Waals surface area contributed by atoms with E-state index in [1.54, 1.807) is 0 Å². The van der Waals surface area contributed by atoms with Crippen LogP contribution in [0.2, 0.25) is 0 Å². The summed E-state index contributed by atoms with van der Waals surface area (Å²) < 4.78 is 0. The minimum absolute atomic E-state index is 0.0726. The molecule has 0 aromatic rings. The Balaban J connectivity index is 1.70. The molecule has 0 radical (unpaired) electrons. The molecule has 164 valence electrons. The zero-order valence-electron chi connectivity index (χ0n) is 18.7. The molecule has 2 saturated heterocycles. The number of nitrogens with one attached hydrogen (secondary N) is 1. The van der Waals surface area contributed by atoms with Crippen LogP contribution in [0.5, 0.6) is 0 Å². The maximum atomic E-state index is 13.5. The summed E-state index contributed by atoms with van der Waals surface area (Å²) in [7, 11) is 0. The third-order valence-corrected chi connectivity index (χ3v) is 7.07. The first-order chi connectivity index (χ1) is 13.7. The van der Waals surface area contributed by atoms with Gasteiger partial charge in [-0.05, 0) is 50.4 Å². The van der Waals surface area contributed by atoms with E-state index in [1.807, 2.05) is 9.80 Å². The van der Waals surface area contributed by atoms with Crippen molar-refractivity contribution >= 4 is 17.6 Å². The van der Waals surface area contributed by atoms with Crippen LogP contribution in [0.1, 0.15) is 72.6 Å². The molecule has 1 aliphatic carbocycles. The summed E-state index contributed by atoms with van der Waals surface area (Å²) in [6.45, 7) is 11.1. The summed E-state index contributed by atoms with van der Waals surface area (Å²) in [5, 5.41) is 3.34. The first-order valence-electron chi connectivity index (χ1n) is 11.6. The molecule has 2 atom stereocenters. The molecule has 1 spiro atoms. The minimum atomic E-state index is -0.382. The highest BCUT2D eigenvalue weighted by molar-refractivity contribution is 5.91. The molecule has 6 heteroatoms. The standard InChI is InChI=1S/C23H39N3O3/c1-16(2)14-18-21(28)26(13-10-24-18)19(15-17(3)4)22(29)25-11-8-23(9-12-25)7-5-6-20(23)27/h16-19,24H,5-15H2,1-4H3/t18-,19-/m0/s1. The van der Waals surface area contributed by atoms with Crippen molar-refractivity contribution in [3.8, 4) is 0 Å². The molecule has 3 fully saturated rings. The summed E-state index contributed by atoms with van der Waals surface area (Å²) in [5.74, 6) is 1.32. The molecule has 0 aromatic carbocycles. The predicted octanol–water partition coefficient (Wildman–Crippen LogP) is 2.61. The molecule has 3 aliphatic rings. The van der Waals surface area contributed by atoms with Gasteiger partial charge in [0.15, 0.2) is 0 Å². The van der Waals surface area contributed by atoms with Crippen molar-refractivity contribution in [3.63, 3.8) is 0 Å². The van der Waals surface area contributed by atoms with Gasteiger partial charge in [0, 0.05) is 38.0 Å². The highest BCUT2D eigenvalue weighted by atomic mass is 16.2. The van der Waals surface area contributed by atoms with Crippen molar-refractivity contribution in [2.45, 2.75) is 84.7 Å². The molecule has 6 nitrogen and oxygen atoms in total. The van der Waals surface area contributed by atoms with Crippen molar-refractivity contribution in [2.75, 3.05) is 26.2 Å². The Labute approximate surface area is 175 Å². The third-order valence-electron chi connectivity index (χ3n) is 7.07. The maximum Gasteiger partial charge on any atom is 0.245 e. The molecular formula is C23H39N3O3. The summed E-state index contributed by atoms with van der Waals surface area (Å²) in [5.41, 5.74) is -0.169. The number of carbonyl (C=O) groups excluding carboxylic acids is 3. The number of carbonyl (C=O) groups is 3. The van der Waals surface area contributed by atoms with Crippen LogP contribution in [-0.4, -0.2) is 65.7 Å². The zero-order chi connectivity index (χ0) is 21.2. The average molecular weight is 406 g/mol. The number of rotatable bonds is 6. The molecule has 29 heavy (non-hydrogen) atoms. The Bertz CT molecular complexity index is 623. The van der Waals surface area contributed by atoms with Crippen molar-refractivity contribution in [3.05, 3.63) is 0 Å². The fourth-order valence-electron chi connectivity index (χ4n) is 5.42. The number of piperazine rings is 1. The van der Waals surface area contributed by atoms with Crippen molar-refractivity contribution in [1.82, 2.24) is 15.1 Å². The highest BCUT2D eigenvalue weighted by Crippen LogP contribution is 2.43. The van der Waals surface area contributed by atoms with Crippen LogP contribution in [0.3, 0.4) is 0 Å². The Morgan fingerprint density at radius 3 is 2.31 bits per heavy atom. The van der Waals surface area contributed by atoms with Gasteiger partial charge in [-0.1, -0.05) is 27.7 Å². The van der Waals surface area contributed by atoms with Gasteiger partial charge in [-0.2, -0.15) is 0 Å². The van der Waals surface area contributed by atoms with Gasteiger partial charge in [-0.25, -0.2) is 0 Å². The molecule has 1 saturated carbocycles. The highest BCUT2D eigenvalue weighted by Gasteiger charge is 2.46. The fourth-order valence-corrected chi connectivity index (χ4v) is 5.42. The van der Waals surface area contributed by atoms with Crippen molar-refractivity contribution < 1.29 is 14.4 Å². The van der Waals surface area contributed by atoms with Crippen molar-refractivity contribution in [2.24, 2.45) is 17.3 Å². The quantitative estimate of drug-likeness (QED) is 0.737. The number of likely N-dealkylation sites (tertiary alicyclic amines) is 1. The van der Waals surface area contributed by atoms with E-state index in [-0.39, 0.29) is 29.3 Å². The molecule has 0 bridgehead atoms. The third kappa shape index (κ3) is 4.84. The van der Waals surface area contributed by atoms with Crippen molar-refractivity contribution in [1.29, 1.82) is 0 Å². The second kappa shape index (κ2) is 9.15. The van der Waals surface area contributed by atoms with E-state index in [0.717, 1.165) is 38.6 Å². The molecule has 2 aliphatic heterocycles. The Hall–Kier alpha value is -1.43. The Morgan fingerprint density at radius 1 is 1.07 bits per heavy atom. The number of piperidine rings is 1. The molecule has 0 unspecified atom stereocenters. The monoisotopic (exact) mass is 405 g/mol. The van der Waals surface area contributed by atoms with Gasteiger partial charge in [-0.3, -0.25) is 14.4 Å². The minimum Gasteiger partial charge on any atom is -0.341 e.